The van der Waals surface area contributed by atoms with Crippen molar-refractivity contribution in [1.29, 1.82) is 0 Å². The van der Waals surface area contributed by atoms with E-state index in [1.165, 1.54) is 0 Å². The molecule has 0 aromatic heterocycles. The van der Waals surface area contributed by atoms with Crippen LogP contribution in [0.5, 0.6) is 0 Å². The van der Waals surface area contributed by atoms with Crippen LogP contribution in [0.1, 0.15) is 64.9 Å². The molecule has 1 saturated carbocycles. The van der Waals surface area contributed by atoms with Gasteiger partial charge in [0.05, 0.1) is 5.54 Å². The first-order valence-electron chi connectivity index (χ1n) is 10.0. The molecule has 2 N–H and O–H groups in total. The molecule has 1 saturated heterocycles. The van der Waals surface area contributed by atoms with E-state index in [0.717, 1.165) is 23.3 Å². The van der Waals surface area contributed by atoms with Gasteiger partial charge in [-0.1, -0.05) is 50.4 Å². The van der Waals surface area contributed by atoms with Crippen molar-refractivity contribution >= 4 is 29.4 Å². The first-order valence-corrected chi connectivity index (χ1v) is 10.4. The minimum atomic E-state index is -0.878. The zero-order valence-corrected chi connectivity index (χ0v) is 17.4. The molecule has 1 aromatic rings. The van der Waals surface area contributed by atoms with Crippen LogP contribution in [0.4, 0.5) is 4.79 Å². The second-order valence-corrected chi connectivity index (χ2v) is 8.29. The van der Waals surface area contributed by atoms with E-state index in [-0.39, 0.29) is 11.8 Å². The maximum atomic E-state index is 13.1. The Kier molecular flexibility index (Phi) is 5.71. The zero-order valence-electron chi connectivity index (χ0n) is 16.7. The van der Waals surface area contributed by atoms with Gasteiger partial charge >= 0.3 is 6.03 Å². The van der Waals surface area contributed by atoms with Crippen LogP contribution < -0.4 is 10.6 Å². The molecule has 1 aliphatic heterocycles. The molecule has 3 rings (SSSR count). The molecule has 1 aromatic carbocycles. The maximum Gasteiger partial charge on any atom is 0.325 e. The van der Waals surface area contributed by atoms with Crippen molar-refractivity contribution in [2.75, 3.05) is 0 Å². The summed E-state index contributed by atoms with van der Waals surface area (Å²) in [6, 6.07) is 6.06. The van der Waals surface area contributed by atoms with Crippen molar-refractivity contribution in [2.45, 2.75) is 76.4 Å². The lowest BCUT2D eigenvalue weighted by molar-refractivity contribution is -0.138. The quantitative estimate of drug-likeness (QED) is 0.708. The lowest BCUT2D eigenvalue weighted by Gasteiger charge is -2.35. The van der Waals surface area contributed by atoms with Crippen LogP contribution >= 0.6 is 11.6 Å². The van der Waals surface area contributed by atoms with Gasteiger partial charge in [-0.15, -0.1) is 0 Å². The lowest BCUT2D eigenvalue weighted by atomic mass is 9.84. The van der Waals surface area contributed by atoms with Gasteiger partial charge in [0.1, 0.15) is 11.6 Å². The van der Waals surface area contributed by atoms with Crippen LogP contribution in [0, 0.1) is 0 Å². The molecule has 2 aliphatic rings. The van der Waals surface area contributed by atoms with Gasteiger partial charge in [0.2, 0.25) is 5.91 Å². The fourth-order valence-electron chi connectivity index (χ4n) is 4.44. The fourth-order valence-corrected chi connectivity index (χ4v) is 4.57. The van der Waals surface area contributed by atoms with Crippen LogP contribution in [0.15, 0.2) is 24.3 Å². The second-order valence-electron chi connectivity index (χ2n) is 7.86. The molecule has 0 bridgehead atoms. The number of halogens is 1. The largest absolute Gasteiger partial charge is 0.345 e. The van der Waals surface area contributed by atoms with E-state index in [9.17, 15) is 14.4 Å². The smallest absolute Gasteiger partial charge is 0.325 e. The van der Waals surface area contributed by atoms with E-state index >= 15 is 0 Å². The van der Waals surface area contributed by atoms with Gasteiger partial charge in [-0.3, -0.25) is 9.59 Å². The Labute approximate surface area is 171 Å². The molecule has 28 heavy (non-hydrogen) atoms. The van der Waals surface area contributed by atoms with Crippen LogP contribution in [-0.2, 0) is 15.1 Å². The zero-order chi connectivity index (χ0) is 20.5. The Bertz CT molecular complexity index is 768. The molecule has 1 heterocycles. The Morgan fingerprint density at radius 2 is 1.79 bits per heavy atom. The molecular weight excluding hydrogens is 378 g/mol. The standard InChI is InChI=1S/C21H28ClN3O3/c1-4-20(5-2,15-8-10-16(22)11-9-15)23-17(26)14(3)25-18(27)21(24-19(25)28)12-6-7-13-21/h8-11,14H,4-7,12-13H2,1-3H3,(H,23,26)(H,24,28). The summed E-state index contributed by atoms with van der Waals surface area (Å²) in [4.78, 5) is 39.6. The number of imide groups is 1. The normalized spacial score (nSPS) is 19.8. The molecule has 152 valence electrons. The van der Waals surface area contributed by atoms with Gasteiger partial charge in [-0.05, 0) is 50.3 Å². The first-order chi connectivity index (χ1) is 13.3. The molecule has 4 amide bonds. The van der Waals surface area contributed by atoms with Crippen molar-refractivity contribution in [3.8, 4) is 0 Å². The Morgan fingerprint density at radius 3 is 2.32 bits per heavy atom. The molecule has 6 nitrogen and oxygen atoms in total. The maximum absolute atomic E-state index is 13.1. The van der Waals surface area contributed by atoms with Crippen molar-refractivity contribution in [3.63, 3.8) is 0 Å². The number of nitrogens with one attached hydrogen (secondary N) is 2. The summed E-state index contributed by atoms with van der Waals surface area (Å²) in [5, 5.41) is 6.57. The average Bonchev–Trinajstić information content (AvgIpc) is 3.25. The highest BCUT2D eigenvalue weighted by molar-refractivity contribution is 6.30. The summed E-state index contributed by atoms with van der Waals surface area (Å²) in [5.41, 5.74) is -0.443. The summed E-state index contributed by atoms with van der Waals surface area (Å²) in [6.07, 6.45) is 4.45. The van der Waals surface area contributed by atoms with Crippen molar-refractivity contribution in [1.82, 2.24) is 15.5 Å². The summed E-state index contributed by atoms with van der Waals surface area (Å²) in [5.74, 6) is -0.611. The highest BCUT2D eigenvalue weighted by atomic mass is 35.5. The fraction of sp³-hybridized carbons (Fsp3) is 0.571. The highest BCUT2D eigenvalue weighted by Crippen LogP contribution is 2.36. The lowest BCUT2D eigenvalue weighted by Crippen LogP contribution is -2.54. The number of amides is 4. The molecule has 7 heteroatoms. The Hall–Kier alpha value is -2.08. The van der Waals surface area contributed by atoms with E-state index in [0.29, 0.717) is 30.7 Å². The van der Waals surface area contributed by atoms with Gasteiger partial charge in [0.25, 0.3) is 5.91 Å². The molecular formula is C21H28ClN3O3. The number of benzene rings is 1. The van der Waals surface area contributed by atoms with Crippen molar-refractivity contribution < 1.29 is 14.4 Å². The Morgan fingerprint density at radius 1 is 1.21 bits per heavy atom. The van der Waals surface area contributed by atoms with Crippen LogP contribution in [0.2, 0.25) is 5.02 Å². The van der Waals surface area contributed by atoms with E-state index in [1.54, 1.807) is 19.1 Å². The molecule has 1 unspecified atom stereocenters. The number of carbonyl (C=O) groups excluding carboxylic acids is 3. The monoisotopic (exact) mass is 405 g/mol. The minimum absolute atomic E-state index is 0.275. The van der Waals surface area contributed by atoms with Crippen LogP contribution in [0.25, 0.3) is 0 Å². The highest BCUT2D eigenvalue weighted by Gasteiger charge is 2.54. The second kappa shape index (κ2) is 7.74. The topological polar surface area (TPSA) is 78.5 Å². The number of carbonyl (C=O) groups is 3. The summed E-state index contributed by atoms with van der Waals surface area (Å²) >= 11 is 6.01. The van der Waals surface area contributed by atoms with Gasteiger partial charge in [0, 0.05) is 5.02 Å². The minimum Gasteiger partial charge on any atom is -0.345 e. The first kappa shape index (κ1) is 20.6. The van der Waals surface area contributed by atoms with E-state index in [2.05, 4.69) is 10.6 Å². The Balaban J connectivity index is 1.81. The third-order valence-electron chi connectivity index (χ3n) is 6.38. The summed E-state index contributed by atoms with van der Waals surface area (Å²) < 4.78 is 0. The number of hydrogen-bond donors (Lipinski definition) is 2. The predicted molar refractivity (Wildman–Crippen MR) is 108 cm³/mol. The van der Waals surface area contributed by atoms with Gasteiger partial charge < -0.3 is 10.6 Å². The number of urea groups is 1. The number of nitrogens with zero attached hydrogens (tertiary/aromatic N) is 1. The van der Waals surface area contributed by atoms with Crippen molar-refractivity contribution in [2.24, 2.45) is 0 Å². The summed E-state index contributed by atoms with van der Waals surface area (Å²) in [6.45, 7) is 5.62. The average molecular weight is 406 g/mol. The van der Waals surface area contributed by atoms with Crippen LogP contribution in [0.3, 0.4) is 0 Å². The van der Waals surface area contributed by atoms with E-state index in [1.807, 2.05) is 26.0 Å². The SMILES string of the molecule is CCC(CC)(NC(=O)C(C)N1C(=O)NC2(CCCC2)C1=O)c1ccc(Cl)cc1. The number of rotatable bonds is 6. The molecule has 0 radical (unpaired) electrons. The van der Waals surface area contributed by atoms with Crippen LogP contribution in [-0.4, -0.2) is 34.3 Å². The van der Waals surface area contributed by atoms with E-state index < -0.39 is 23.2 Å². The summed E-state index contributed by atoms with van der Waals surface area (Å²) in [7, 11) is 0. The van der Waals surface area contributed by atoms with E-state index in [4.69, 9.17) is 11.6 Å². The van der Waals surface area contributed by atoms with Crippen molar-refractivity contribution in [3.05, 3.63) is 34.9 Å². The predicted octanol–water partition coefficient (Wildman–Crippen LogP) is 3.72. The number of hydrogen-bond acceptors (Lipinski definition) is 3. The third kappa shape index (κ3) is 3.39. The van der Waals surface area contributed by atoms with Gasteiger partial charge in [0.15, 0.2) is 0 Å². The molecule has 1 aliphatic carbocycles. The van der Waals surface area contributed by atoms with Gasteiger partial charge in [-0.2, -0.15) is 0 Å². The molecule has 2 fully saturated rings. The third-order valence-corrected chi connectivity index (χ3v) is 6.64. The molecule has 1 atom stereocenters. The van der Waals surface area contributed by atoms with Gasteiger partial charge in [-0.25, -0.2) is 9.69 Å². The molecule has 1 spiro atoms.